The maximum absolute atomic E-state index is 12.6. The highest BCUT2D eigenvalue weighted by molar-refractivity contribution is 5.95. The van der Waals surface area contributed by atoms with E-state index in [2.05, 4.69) is 4.98 Å². The van der Waals surface area contributed by atoms with Gasteiger partial charge in [0, 0.05) is 18.4 Å². The first-order chi connectivity index (χ1) is 10.7. The second kappa shape index (κ2) is 4.84. The highest BCUT2D eigenvalue weighted by Crippen LogP contribution is 2.27. The molecule has 1 amide bonds. The topological polar surface area (TPSA) is 68.3 Å². The SMILES string of the molecule is O=C(Cn1c(=O)oc2cccnc21)N1CCc2ccccc21. The lowest BCUT2D eigenvalue weighted by Gasteiger charge is -2.17. The Bertz CT molecular complexity index is 926. The number of hydrogen-bond acceptors (Lipinski definition) is 4. The Morgan fingerprint density at radius 3 is 3.00 bits per heavy atom. The molecule has 0 N–H and O–H groups in total. The third-order valence-electron chi connectivity index (χ3n) is 3.91. The van der Waals surface area contributed by atoms with Crippen molar-refractivity contribution in [2.24, 2.45) is 0 Å². The molecular weight excluding hydrogens is 282 g/mol. The maximum atomic E-state index is 12.6. The van der Waals surface area contributed by atoms with Crippen molar-refractivity contribution in [3.8, 4) is 0 Å². The minimum atomic E-state index is -0.561. The second-order valence-corrected chi connectivity index (χ2v) is 5.20. The minimum absolute atomic E-state index is 0.0722. The number of fused-ring (bicyclic) bond motifs is 2. The van der Waals surface area contributed by atoms with Gasteiger partial charge in [0.25, 0.3) is 0 Å². The molecule has 4 rings (SSSR count). The van der Waals surface area contributed by atoms with Crippen LogP contribution in [0.4, 0.5) is 5.69 Å². The van der Waals surface area contributed by atoms with Gasteiger partial charge in [-0.25, -0.2) is 14.3 Å². The molecule has 6 heteroatoms. The van der Waals surface area contributed by atoms with Crippen molar-refractivity contribution >= 4 is 22.8 Å². The van der Waals surface area contributed by atoms with Crippen molar-refractivity contribution in [1.29, 1.82) is 0 Å². The van der Waals surface area contributed by atoms with Gasteiger partial charge in [-0.1, -0.05) is 18.2 Å². The average Bonchev–Trinajstić information content (AvgIpc) is 3.09. The molecule has 0 spiro atoms. The lowest BCUT2D eigenvalue weighted by molar-refractivity contribution is -0.119. The Kier molecular flexibility index (Phi) is 2.82. The number of amides is 1. The van der Waals surface area contributed by atoms with E-state index in [1.165, 1.54) is 4.57 Å². The van der Waals surface area contributed by atoms with Crippen LogP contribution in [-0.4, -0.2) is 22.0 Å². The van der Waals surface area contributed by atoms with Gasteiger partial charge in [0.1, 0.15) is 6.54 Å². The fourth-order valence-electron chi connectivity index (χ4n) is 2.86. The number of anilines is 1. The second-order valence-electron chi connectivity index (χ2n) is 5.20. The quantitative estimate of drug-likeness (QED) is 0.720. The number of pyridine rings is 1. The highest BCUT2D eigenvalue weighted by Gasteiger charge is 2.25. The number of carbonyl (C=O) groups excluding carboxylic acids is 1. The molecule has 0 aliphatic carbocycles. The molecule has 0 radical (unpaired) electrons. The molecule has 0 fully saturated rings. The summed E-state index contributed by atoms with van der Waals surface area (Å²) >= 11 is 0. The predicted octanol–water partition coefficient (Wildman–Crippen LogP) is 1.58. The number of carbonyl (C=O) groups is 1. The largest absolute Gasteiger partial charge is 0.421 e. The third kappa shape index (κ3) is 1.92. The van der Waals surface area contributed by atoms with Crippen molar-refractivity contribution < 1.29 is 9.21 Å². The van der Waals surface area contributed by atoms with Gasteiger partial charge in [-0.2, -0.15) is 0 Å². The summed E-state index contributed by atoms with van der Waals surface area (Å²) in [6.07, 6.45) is 2.41. The Hall–Kier alpha value is -2.89. The standard InChI is InChI=1S/C16H13N3O3/c20-14(18-9-7-11-4-1-2-5-12(11)18)10-19-15-13(22-16(19)21)6-3-8-17-15/h1-6,8H,7,9-10H2. The molecule has 3 aromatic rings. The van der Waals surface area contributed by atoms with Crippen molar-refractivity contribution in [2.45, 2.75) is 13.0 Å². The molecule has 0 atom stereocenters. The summed E-state index contributed by atoms with van der Waals surface area (Å²) < 4.78 is 6.38. The first kappa shape index (κ1) is 12.8. The lowest BCUT2D eigenvalue weighted by Crippen LogP contribution is -2.34. The van der Waals surface area contributed by atoms with E-state index in [0.717, 1.165) is 17.7 Å². The number of rotatable bonds is 2. The summed E-state index contributed by atoms with van der Waals surface area (Å²) in [5.74, 6) is -0.699. The minimum Gasteiger partial charge on any atom is -0.406 e. The van der Waals surface area contributed by atoms with E-state index in [0.29, 0.717) is 17.8 Å². The van der Waals surface area contributed by atoms with Crippen LogP contribution in [0.15, 0.2) is 51.8 Å². The number of nitrogens with zero attached hydrogens (tertiary/aromatic N) is 3. The molecule has 110 valence electrons. The zero-order valence-corrected chi connectivity index (χ0v) is 11.7. The van der Waals surface area contributed by atoms with Crippen LogP contribution in [-0.2, 0) is 17.8 Å². The fourth-order valence-corrected chi connectivity index (χ4v) is 2.86. The summed E-state index contributed by atoms with van der Waals surface area (Å²) in [6, 6.07) is 11.2. The van der Waals surface area contributed by atoms with Gasteiger partial charge in [0.15, 0.2) is 11.2 Å². The molecule has 0 bridgehead atoms. The Labute approximate surface area is 125 Å². The molecular formula is C16H13N3O3. The van der Waals surface area contributed by atoms with Crippen LogP contribution in [0.25, 0.3) is 11.2 Å². The van der Waals surface area contributed by atoms with Crippen LogP contribution in [0, 0.1) is 0 Å². The summed E-state index contributed by atoms with van der Waals surface area (Å²) in [5.41, 5.74) is 2.86. The lowest BCUT2D eigenvalue weighted by atomic mass is 10.2. The van der Waals surface area contributed by atoms with Crippen molar-refractivity contribution in [3.05, 3.63) is 58.7 Å². The third-order valence-corrected chi connectivity index (χ3v) is 3.91. The summed E-state index contributed by atoms with van der Waals surface area (Å²) in [4.78, 5) is 30.3. The Balaban J connectivity index is 1.68. The summed E-state index contributed by atoms with van der Waals surface area (Å²) in [5, 5.41) is 0. The van der Waals surface area contributed by atoms with Crippen molar-refractivity contribution in [1.82, 2.24) is 9.55 Å². The van der Waals surface area contributed by atoms with Gasteiger partial charge in [-0.05, 0) is 30.2 Å². The smallest absolute Gasteiger partial charge is 0.406 e. The average molecular weight is 295 g/mol. The van der Waals surface area contributed by atoms with E-state index in [-0.39, 0.29) is 12.5 Å². The zero-order chi connectivity index (χ0) is 15.1. The molecule has 1 aromatic carbocycles. The van der Waals surface area contributed by atoms with Crippen molar-refractivity contribution in [2.75, 3.05) is 11.4 Å². The number of oxazole rings is 1. The molecule has 0 saturated heterocycles. The monoisotopic (exact) mass is 295 g/mol. The summed E-state index contributed by atoms with van der Waals surface area (Å²) in [7, 11) is 0. The first-order valence-corrected chi connectivity index (χ1v) is 7.06. The number of benzene rings is 1. The predicted molar refractivity (Wildman–Crippen MR) is 80.8 cm³/mol. The van der Waals surface area contributed by atoms with E-state index in [9.17, 15) is 9.59 Å². The van der Waals surface area contributed by atoms with Crippen LogP contribution >= 0.6 is 0 Å². The maximum Gasteiger partial charge on any atom is 0.421 e. The van der Waals surface area contributed by atoms with Crippen LogP contribution in [0.1, 0.15) is 5.56 Å². The van der Waals surface area contributed by atoms with E-state index < -0.39 is 5.76 Å². The molecule has 2 aromatic heterocycles. The normalized spacial score (nSPS) is 13.5. The molecule has 0 unspecified atom stereocenters. The van der Waals surface area contributed by atoms with Crippen LogP contribution < -0.4 is 10.7 Å². The molecule has 22 heavy (non-hydrogen) atoms. The summed E-state index contributed by atoms with van der Waals surface area (Å²) in [6.45, 7) is 0.563. The van der Waals surface area contributed by atoms with Gasteiger partial charge < -0.3 is 9.32 Å². The first-order valence-electron chi connectivity index (χ1n) is 7.06. The Morgan fingerprint density at radius 1 is 1.23 bits per heavy atom. The van der Waals surface area contributed by atoms with Gasteiger partial charge in [-0.15, -0.1) is 0 Å². The number of hydrogen-bond donors (Lipinski definition) is 0. The van der Waals surface area contributed by atoms with E-state index >= 15 is 0 Å². The highest BCUT2D eigenvalue weighted by atomic mass is 16.4. The molecule has 0 saturated carbocycles. The van der Waals surface area contributed by atoms with Crippen molar-refractivity contribution in [3.63, 3.8) is 0 Å². The van der Waals surface area contributed by atoms with Gasteiger partial charge in [0.05, 0.1) is 0 Å². The number of aromatic nitrogens is 2. The zero-order valence-electron chi connectivity index (χ0n) is 11.7. The van der Waals surface area contributed by atoms with Gasteiger partial charge >= 0.3 is 5.76 Å². The van der Waals surface area contributed by atoms with Crippen LogP contribution in [0.2, 0.25) is 0 Å². The fraction of sp³-hybridized carbons (Fsp3) is 0.188. The van der Waals surface area contributed by atoms with Gasteiger partial charge in [-0.3, -0.25) is 4.79 Å². The number of para-hydroxylation sites is 1. The molecule has 1 aliphatic rings. The van der Waals surface area contributed by atoms with E-state index in [4.69, 9.17) is 4.42 Å². The Morgan fingerprint density at radius 2 is 2.09 bits per heavy atom. The van der Waals surface area contributed by atoms with Crippen LogP contribution in [0.3, 0.4) is 0 Å². The molecule has 1 aliphatic heterocycles. The van der Waals surface area contributed by atoms with Crippen LogP contribution in [0.5, 0.6) is 0 Å². The molecule has 3 heterocycles. The van der Waals surface area contributed by atoms with E-state index in [1.54, 1.807) is 23.2 Å². The van der Waals surface area contributed by atoms with E-state index in [1.807, 2.05) is 24.3 Å². The van der Waals surface area contributed by atoms with Gasteiger partial charge in [0.2, 0.25) is 5.91 Å². The molecule has 6 nitrogen and oxygen atoms in total.